The van der Waals surface area contributed by atoms with Crippen LogP contribution in [-0.2, 0) is 19.3 Å². The summed E-state index contributed by atoms with van der Waals surface area (Å²) in [5.74, 6) is 4.01. The highest BCUT2D eigenvalue weighted by Crippen LogP contribution is 2.34. The number of rotatable bonds is 15. The van der Waals surface area contributed by atoms with E-state index in [1.165, 1.54) is 22.3 Å². The molecule has 4 aromatic carbocycles. The van der Waals surface area contributed by atoms with Crippen molar-refractivity contribution in [2.24, 2.45) is 0 Å². The SMILES string of the molecule is CCCCc1cc(CCC(CC)c2ccc(Oc3ccc(N)cc3)c(CCCC)c2)ccc1Oc1ccc(N)cc1. The van der Waals surface area contributed by atoms with Gasteiger partial charge in [-0.3, -0.25) is 0 Å². The van der Waals surface area contributed by atoms with Gasteiger partial charge in [0.25, 0.3) is 0 Å². The van der Waals surface area contributed by atoms with Gasteiger partial charge in [-0.2, -0.15) is 0 Å². The maximum absolute atomic E-state index is 6.29. The molecule has 41 heavy (non-hydrogen) atoms. The van der Waals surface area contributed by atoms with Gasteiger partial charge < -0.3 is 20.9 Å². The van der Waals surface area contributed by atoms with Gasteiger partial charge in [0, 0.05) is 11.4 Å². The van der Waals surface area contributed by atoms with Crippen LogP contribution < -0.4 is 20.9 Å². The van der Waals surface area contributed by atoms with Crippen LogP contribution in [-0.4, -0.2) is 0 Å². The summed E-state index contributed by atoms with van der Waals surface area (Å²) in [6, 6.07) is 28.8. The fraction of sp³-hybridized carbons (Fsp3) is 0.351. The Kier molecular flexibility index (Phi) is 11.1. The Labute approximate surface area is 246 Å². The second-order valence-electron chi connectivity index (χ2n) is 11.0. The zero-order valence-corrected chi connectivity index (χ0v) is 25.0. The van der Waals surface area contributed by atoms with E-state index in [1.807, 2.05) is 48.5 Å². The van der Waals surface area contributed by atoms with Crippen molar-refractivity contribution >= 4 is 11.4 Å². The molecule has 0 spiro atoms. The van der Waals surface area contributed by atoms with Crippen LogP contribution >= 0.6 is 0 Å². The smallest absolute Gasteiger partial charge is 0.130 e. The van der Waals surface area contributed by atoms with E-state index in [9.17, 15) is 0 Å². The number of hydrogen-bond acceptors (Lipinski definition) is 4. The van der Waals surface area contributed by atoms with Crippen molar-refractivity contribution in [1.82, 2.24) is 0 Å². The number of nitrogens with two attached hydrogens (primary N) is 2. The second kappa shape index (κ2) is 15.2. The summed E-state index contributed by atoms with van der Waals surface area (Å²) >= 11 is 0. The largest absolute Gasteiger partial charge is 0.457 e. The van der Waals surface area contributed by atoms with Crippen molar-refractivity contribution in [3.63, 3.8) is 0 Å². The van der Waals surface area contributed by atoms with Gasteiger partial charge in [0.05, 0.1) is 0 Å². The molecular weight excluding hydrogens is 504 g/mol. The van der Waals surface area contributed by atoms with Crippen molar-refractivity contribution in [2.45, 2.75) is 84.5 Å². The summed E-state index contributed by atoms with van der Waals surface area (Å²) in [4.78, 5) is 0. The number of aryl methyl sites for hydroxylation is 3. The lowest BCUT2D eigenvalue weighted by Gasteiger charge is -2.19. The van der Waals surface area contributed by atoms with Gasteiger partial charge in [-0.15, -0.1) is 0 Å². The maximum Gasteiger partial charge on any atom is 0.130 e. The predicted octanol–water partition coefficient (Wildman–Crippen LogP) is 10.2. The standard InChI is InChI=1S/C37H46N2O2/c1-4-7-9-30-25-27(12-23-36(30)40-34-19-15-32(38)16-20-34)11-13-28(6-3)29-14-24-37(31(26-29)10-8-5-2)41-35-21-17-33(39)18-22-35/h12,14-26,28H,4-11,13,38-39H2,1-3H3. The molecule has 0 aliphatic carbocycles. The molecule has 4 heteroatoms. The summed E-state index contributed by atoms with van der Waals surface area (Å²) in [7, 11) is 0. The maximum atomic E-state index is 6.29. The molecule has 1 atom stereocenters. The van der Waals surface area contributed by atoms with Crippen LogP contribution in [0.5, 0.6) is 23.0 Å². The summed E-state index contributed by atoms with van der Waals surface area (Å²) in [6.07, 6.45) is 9.87. The molecule has 0 saturated carbocycles. The Bertz CT molecular complexity index is 1360. The minimum absolute atomic E-state index is 0.491. The molecule has 0 aliphatic heterocycles. The van der Waals surface area contributed by atoms with Gasteiger partial charge in [-0.1, -0.05) is 57.9 Å². The second-order valence-corrected chi connectivity index (χ2v) is 11.0. The van der Waals surface area contributed by atoms with Crippen molar-refractivity contribution in [1.29, 1.82) is 0 Å². The van der Waals surface area contributed by atoms with Gasteiger partial charge in [-0.05, 0) is 134 Å². The molecule has 0 bridgehead atoms. The number of ether oxygens (including phenoxy) is 2. The van der Waals surface area contributed by atoms with E-state index in [2.05, 4.69) is 57.2 Å². The van der Waals surface area contributed by atoms with Crippen LogP contribution in [0.3, 0.4) is 0 Å². The van der Waals surface area contributed by atoms with Crippen LogP contribution in [0.15, 0.2) is 84.9 Å². The first-order valence-corrected chi connectivity index (χ1v) is 15.3. The normalized spacial score (nSPS) is 11.8. The molecule has 0 aromatic heterocycles. The fourth-order valence-corrected chi connectivity index (χ4v) is 5.24. The summed E-state index contributed by atoms with van der Waals surface area (Å²) in [5, 5.41) is 0. The van der Waals surface area contributed by atoms with Crippen molar-refractivity contribution < 1.29 is 9.47 Å². The van der Waals surface area contributed by atoms with Crippen LogP contribution in [0.4, 0.5) is 11.4 Å². The quantitative estimate of drug-likeness (QED) is 0.144. The van der Waals surface area contributed by atoms with E-state index >= 15 is 0 Å². The molecule has 4 aromatic rings. The summed E-state index contributed by atoms with van der Waals surface area (Å²) in [6.45, 7) is 6.77. The van der Waals surface area contributed by atoms with Gasteiger partial charge in [0.2, 0.25) is 0 Å². The van der Waals surface area contributed by atoms with Gasteiger partial charge in [0.15, 0.2) is 0 Å². The van der Waals surface area contributed by atoms with Crippen molar-refractivity contribution in [3.8, 4) is 23.0 Å². The van der Waals surface area contributed by atoms with Crippen LogP contribution in [0.1, 0.15) is 87.5 Å². The van der Waals surface area contributed by atoms with E-state index in [0.29, 0.717) is 5.92 Å². The topological polar surface area (TPSA) is 70.5 Å². The summed E-state index contributed by atoms with van der Waals surface area (Å²) in [5.41, 5.74) is 18.5. The highest BCUT2D eigenvalue weighted by molar-refractivity contribution is 5.47. The first kappa shape index (κ1) is 30.0. The fourth-order valence-electron chi connectivity index (χ4n) is 5.24. The van der Waals surface area contributed by atoms with E-state index in [-0.39, 0.29) is 0 Å². The average molecular weight is 551 g/mol. The molecule has 1 unspecified atom stereocenters. The molecule has 0 aliphatic rings. The lowest BCUT2D eigenvalue weighted by atomic mass is 9.88. The third-order valence-corrected chi connectivity index (χ3v) is 7.77. The van der Waals surface area contributed by atoms with Gasteiger partial charge in [0.1, 0.15) is 23.0 Å². The molecule has 4 nitrogen and oxygen atoms in total. The van der Waals surface area contributed by atoms with Crippen molar-refractivity contribution in [3.05, 3.63) is 107 Å². The molecule has 0 heterocycles. The average Bonchev–Trinajstić information content (AvgIpc) is 2.99. The van der Waals surface area contributed by atoms with Crippen LogP contribution in [0.2, 0.25) is 0 Å². The zero-order valence-electron chi connectivity index (χ0n) is 25.0. The lowest BCUT2D eigenvalue weighted by molar-refractivity contribution is 0.474. The number of nitrogen functional groups attached to an aromatic ring is 2. The Balaban J connectivity index is 1.49. The van der Waals surface area contributed by atoms with Gasteiger partial charge in [-0.25, -0.2) is 0 Å². The highest BCUT2D eigenvalue weighted by atomic mass is 16.5. The summed E-state index contributed by atoms with van der Waals surface area (Å²) < 4.78 is 12.6. The minimum Gasteiger partial charge on any atom is -0.457 e. The Morgan fingerprint density at radius 3 is 1.61 bits per heavy atom. The van der Waals surface area contributed by atoms with E-state index < -0.39 is 0 Å². The first-order valence-electron chi connectivity index (χ1n) is 15.3. The molecule has 0 radical (unpaired) electrons. The Morgan fingerprint density at radius 2 is 1.10 bits per heavy atom. The van der Waals surface area contributed by atoms with E-state index in [1.54, 1.807) is 0 Å². The van der Waals surface area contributed by atoms with Crippen LogP contribution in [0.25, 0.3) is 0 Å². The van der Waals surface area contributed by atoms with Crippen LogP contribution in [0, 0.1) is 0 Å². The zero-order chi connectivity index (χ0) is 29.0. The Hall–Kier alpha value is -3.92. The van der Waals surface area contributed by atoms with Gasteiger partial charge >= 0.3 is 0 Å². The third kappa shape index (κ3) is 8.78. The molecule has 4 N–H and O–H groups in total. The molecule has 4 rings (SSSR count). The Morgan fingerprint density at radius 1 is 0.585 bits per heavy atom. The lowest BCUT2D eigenvalue weighted by Crippen LogP contribution is -2.03. The predicted molar refractivity (Wildman–Crippen MR) is 173 cm³/mol. The number of anilines is 2. The number of unbranched alkanes of at least 4 members (excludes halogenated alkanes) is 2. The molecule has 216 valence electrons. The first-order chi connectivity index (χ1) is 20.0. The third-order valence-electron chi connectivity index (χ3n) is 7.77. The minimum atomic E-state index is 0.491. The monoisotopic (exact) mass is 550 g/mol. The number of benzene rings is 4. The van der Waals surface area contributed by atoms with Crippen molar-refractivity contribution in [2.75, 3.05) is 11.5 Å². The highest BCUT2D eigenvalue weighted by Gasteiger charge is 2.15. The molecular formula is C37H46N2O2. The van der Waals surface area contributed by atoms with E-state index in [0.717, 1.165) is 92.2 Å². The molecule has 0 amide bonds. The molecule has 0 fully saturated rings. The van der Waals surface area contributed by atoms with E-state index in [4.69, 9.17) is 20.9 Å². The molecule has 0 saturated heterocycles. The number of hydrogen-bond donors (Lipinski definition) is 2.